The second-order valence-electron chi connectivity index (χ2n) is 7.05. The molecule has 0 aliphatic heterocycles. The van der Waals surface area contributed by atoms with E-state index in [4.69, 9.17) is 0 Å². The summed E-state index contributed by atoms with van der Waals surface area (Å²) in [5.41, 5.74) is 8.46. The highest BCUT2D eigenvalue weighted by atomic mass is 16.2. The Kier molecular flexibility index (Phi) is 5.04. The highest BCUT2D eigenvalue weighted by molar-refractivity contribution is 6.06. The minimum Gasteiger partial charge on any atom is -0.352 e. The van der Waals surface area contributed by atoms with Gasteiger partial charge in [-0.1, -0.05) is 48.5 Å². The van der Waals surface area contributed by atoms with Gasteiger partial charge in [0.15, 0.2) is 0 Å². The largest absolute Gasteiger partial charge is 0.352 e. The topological polar surface area (TPSA) is 83.1 Å². The number of rotatable bonds is 6. The van der Waals surface area contributed by atoms with Crippen LogP contribution in [0.3, 0.4) is 0 Å². The van der Waals surface area contributed by atoms with Gasteiger partial charge in [0.1, 0.15) is 6.04 Å². The van der Waals surface area contributed by atoms with Crippen LogP contribution in [-0.2, 0) is 4.79 Å². The molecule has 1 fully saturated rings. The molecule has 0 spiro atoms. The smallest absolute Gasteiger partial charge is 0.266 e. The van der Waals surface area contributed by atoms with Gasteiger partial charge in [0.25, 0.3) is 5.91 Å². The van der Waals surface area contributed by atoms with E-state index in [0.717, 1.165) is 35.0 Å². The van der Waals surface area contributed by atoms with Gasteiger partial charge in [0.2, 0.25) is 5.91 Å². The van der Waals surface area contributed by atoms with Crippen LogP contribution >= 0.6 is 0 Å². The van der Waals surface area contributed by atoms with Crippen LogP contribution in [0, 0.1) is 6.92 Å². The number of pyridine rings is 1. The quantitative estimate of drug-likeness (QED) is 0.580. The maximum absolute atomic E-state index is 12.9. The van der Waals surface area contributed by atoms with Gasteiger partial charge >= 0.3 is 0 Å². The summed E-state index contributed by atoms with van der Waals surface area (Å²) >= 11 is 0. The molecular formula is C22H22N4O2. The fourth-order valence-corrected chi connectivity index (χ4v) is 3.16. The summed E-state index contributed by atoms with van der Waals surface area (Å²) in [4.78, 5) is 30.0. The van der Waals surface area contributed by atoms with E-state index >= 15 is 0 Å². The number of nitrogens with zero attached hydrogens (tertiary/aromatic N) is 1. The van der Waals surface area contributed by atoms with E-state index in [1.807, 2.05) is 61.5 Å². The first kappa shape index (κ1) is 18.1. The highest BCUT2D eigenvalue weighted by Gasteiger charge is 2.28. The van der Waals surface area contributed by atoms with E-state index in [1.165, 1.54) is 0 Å². The van der Waals surface area contributed by atoms with Crippen LogP contribution in [0.1, 0.15) is 40.5 Å². The number of aryl methyl sites for hydroxylation is 1. The van der Waals surface area contributed by atoms with Gasteiger partial charge < -0.3 is 5.32 Å². The van der Waals surface area contributed by atoms with E-state index in [9.17, 15) is 9.59 Å². The lowest BCUT2D eigenvalue weighted by Crippen LogP contribution is -2.47. The van der Waals surface area contributed by atoms with Crippen LogP contribution in [0.4, 0.5) is 0 Å². The minimum absolute atomic E-state index is 0.148. The van der Waals surface area contributed by atoms with E-state index in [0.29, 0.717) is 5.56 Å². The predicted octanol–water partition coefficient (Wildman–Crippen LogP) is 2.80. The molecule has 0 saturated heterocycles. The van der Waals surface area contributed by atoms with Crippen molar-refractivity contribution in [3.05, 3.63) is 77.5 Å². The lowest BCUT2D eigenvalue weighted by molar-refractivity contribution is -0.123. The van der Waals surface area contributed by atoms with Crippen molar-refractivity contribution in [2.24, 2.45) is 0 Å². The summed E-state index contributed by atoms with van der Waals surface area (Å²) in [6, 6.07) is 18.2. The van der Waals surface area contributed by atoms with Crippen LogP contribution in [0.2, 0.25) is 0 Å². The third-order valence-corrected chi connectivity index (χ3v) is 4.74. The normalized spacial score (nSPS) is 14.5. The standard InChI is InChI=1S/C22H22N4O2/c1-14-13-18(17-9-5-6-10-19(17)23-14)21(27)26-25-20(15-7-3-2-4-8-15)22(28)24-16-11-12-16/h2-10,13,16,20,25H,11-12H2,1H3,(H,24,28)(H,26,27)/t20-/m1/s1. The molecule has 0 bridgehead atoms. The number of benzene rings is 2. The molecule has 2 aromatic carbocycles. The van der Waals surface area contributed by atoms with Crippen LogP contribution in [0.25, 0.3) is 10.9 Å². The molecule has 1 aliphatic rings. The van der Waals surface area contributed by atoms with Gasteiger partial charge in [0.05, 0.1) is 11.1 Å². The average Bonchev–Trinajstić information content (AvgIpc) is 3.52. The SMILES string of the molecule is Cc1cc(C(=O)NN[C@@H](C(=O)NC2CC2)c2ccccc2)c2ccccc2n1. The fraction of sp³-hybridized carbons (Fsp3) is 0.227. The second-order valence-corrected chi connectivity index (χ2v) is 7.05. The number of amides is 2. The van der Waals surface area contributed by atoms with Gasteiger partial charge in [-0.2, -0.15) is 0 Å². The average molecular weight is 374 g/mol. The van der Waals surface area contributed by atoms with Crippen LogP contribution in [-0.4, -0.2) is 22.8 Å². The summed E-state index contributed by atoms with van der Waals surface area (Å²) in [6.45, 7) is 1.85. The molecule has 3 N–H and O–H groups in total. The highest BCUT2D eigenvalue weighted by Crippen LogP contribution is 2.21. The Morgan fingerprint density at radius 2 is 1.75 bits per heavy atom. The molecule has 4 rings (SSSR count). The summed E-state index contributed by atoms with van der Waals surface area (Å²) < 4.78 is 0. The number of hydrazine groups is 1. The van der Waals surface area contributed by atoms with Gasteiger partial charge in [0, 0.05) is 17.1 Å². The number of para-hydroxylation sites is 1. The van der Waals surface area contributed by atoms with E-state index in [-0.39, 0.29) is 17.9 Å². The maximum Gasteiger partial charge on any atom is 0.266 e. The van der Waals surface area contributed by atoms with Crippen molar-refractivity contribution in [1.82, 2.24) is 21.2 Å². The van der Waals surface area contributed by atoms with Crippen molar-refractivity contribution in [1.29, 1.82) is 0 Å². The summed E-state index contributed by atoms with van der Waals surface area (Å²) in [5, 5.41) is 3.76. The molecule has 6 nitrogen and oxygen atoms in total. The monoisotopic (exact) mass is 374 g/mol. The number of nitrogens with one attached hydrogen (secondary N) is 3. The first-order valence-electron chi connectivity index (χ1n) is 9.39. The first-order chi connectivity index (χ1) is 13.6. The van der Waals surface area contributed by atoms with Crippen LogP contribution in [0.5, 0.6) is 0 Å². The Labute approximate surface area is 163 Å². The first-order valence-corrected chi connectivity index (χ1v) is 9.39. The van der Waals surface area contributed by atoms with Crippen molar-refractivity contribution in [2.75, 3.05) is 0 Å². The van der Waals surface area contributed by atoms with Gasteiger partial charge in [-0.25, -0.2) is 5.43 Å². The molecule has 0 unspecified atom stereocenters. The predicted molar refractivity (Wildman–Crippen MR) is 107 cm³/mol. The molecule has 3 aromatic rings. The van der Waals surface area contributed by atoms with Crippen molar-refractivity contribution < 1.29 is 9.59 Å². The van der Waals surface area contributed by atoms with E-state index in [1.54, 1.807) is 6.07 Å². The molecule has 6 heteroatoms. The minimum atomic E-state index is -0.667. The molecule has 0 radical (unpaired) electrons. The maximum atomic E-state index is 12.9. The van der Waals surface area contributed by atoms with Crippen molar-refractivity contribution in [3.63, 3.8) is 0 Å². The van der Waals surface area contributed by atoms with Crippen LogP contribution in [0.15, 0.2) is 60.7 Å². The molecule has 1 heterocycles. The zero-order chi connectivity index (χ0) is 19.5. The fourth-order valence-electron chi connectivity index (χ4n) is 3.16. The summed E-state index contributed by atoms with van der Waals surface area (Å²) in [5.74, 6) is -0.452. The molecular weight excluding hydrogens is 352 g/mol. The number of hydrogen-bond donors (Lipinski definition) is 3. The van der Waals surface area contributed by atoms with Gasteiger partial charge in [-0.3, -0.25) is 20.0 Å². The van der Waals surface area contributed by atoms with Crippen molar-refractivity contribution >= 4 is 22.7 Å². The van der Waals surface area contributed by atoms with Gasteiger partial charge in [-0.05, 0) is 37.5 Å². The summed E-state index contributed by atoms with van der Waals surface area (Å²) in [6.07, 6.45) is 2.00. The van der Waals surface area contributed by atoms with Crippen molar-refractivity contribution in [2.45, 2.75) is 31.8 Å². The Morgan fingerprint density at radius 1 is 1.04 bits per heavy atom. The number of carbonyl (C=O) groups excluding carboxylic acids is 2. The van der Waals surface area contributed by atoms with Crippen molar-refractivity contribution in [3.8, 4) is 0 Å². The summed E-state index contributed by atoms with van der Waals surface area (Å²) in [7, 11) is 0. The number of carbonyl (C=O) groups is 2. The molecule has 1 saturated carbocycles. The second kappa shape index (κ2) is 7.78. The number of aromatic nitrogens is 1. The molecule has 1 aromatic heterocycles. The zero-order valence-corrected chi connectivity index (χ0v) is 15.6. The third-order valence-electron chi connectivity index (χ3n) is 4.74. The Balaban J connectivity index is 1.55. The Morgan fingerprint density at radius 3 is 2.50 bits per heavy atom. The van der Waals surface area contributed by atoms with Gasteiger partial charge in [-0.15, -0.1) is 0 Å². The zero-order valence-electron chi connectivity index (χ0n) is 15.6. The molecule has 2 amide bonds. The number of fused-ring (bicyclic) bond motifs is 1. The molecule has 1 atom stereocenters. The molecule has 28 heavy (non-hydrogen) atoms. The third kappa shape index (κ3) is 4.02. The number of hydrogen-bond acceptors (Lipinski definition) is 4. The van der Waals surface area contributed by atoms with E-state index < -0.39 is 6.04 Å². The lowest BCUT2D eigenvalue weighted by Gasteiger charge is -2.19. The molecule has 142 valence electrons. The molecule has 1 aliphatic carbocycles. The van der Waals surface area contributed by atoms with Crippen LogP contribution < -0.4 is 16.2 Å². The lowest BCUT2D eigenvalue weighted by atomic mass is 10.1. The van der Waals surface area contributed by atoms with E-state index in [2.05, 4.69) is 21.2 Å². The Hall–Kier alpha value is -3.25. The Bertz CT molecular complexity index is 1020.